The van der Waals surface area contributed by atoms with Crippen LogP contribution in [0.5, 0.6) is 46.4 Å². The molecule has 0 saturated carbocycles. The number of anilines is 1. The Hall–Kier alpha value is -10.3. The van der Waals surface area contributed by atoms with Crippen molar-refractivity contribution < 1.29 is 62.2 Å². The van der Waals surface area contributed by atoms with Gasteiger partial charge in [-0.3, -0.25) is 14.9 Å². The van der Waals surface area contributed by atoms with Gasteiger partial charge in [0.05, 0.1) is 123 Å². The van der Waals surface area contributed by atoms with Gasteiger partial charge in [0, 0.05) is 54.7 Å². The second-order valence-corrected chi connectivity index (χ2v) is 17.5. The molecule has 82 heavy (non-hydrogen) atoms. The summed E-state index contributed by atoms with van der Waals surface area (Å²) >= 11 is 0. The molecule has 0 aliphatic carbocycles. The highest BCUT2D eigenvalue weighted by Gasteiger charge is 2.26. The van der Waals surface area contributed by atoms with Gasteiger partial charge in [0.1, 0.15) is 22.3 Å². The van der Waals surface area contributed by atoms with Gasteiger partial charge < -0.3 is 42.6 Å². The first-order chi connectivity index (χ1) is 39.8. The molecule has 4 aromatic carbocycles. The molecular weight excluding hydrogens is 1040 g/mol. The van der Waals surface area contributed by atoms with Gasteiger partial charge in [0.15, 0.2) is 46.6 Å². The number of methoxy groups -OCH3 is 8. The zero-order valence-corrected chi connectivity index (χ0v) is 46.1. The fourth-order valence-corrected chi connectivity index (χ4v) is 8.58. The third kappa shape index (κ3) is 13.6. The molecule has 0 bridgehead atoms. The van der Waals surface area contributed by atoms with Crippen molar-refractivity contribution >= 4 is 38.7 Å². The molecule has 1 aliphatic rings. The van der Waals surface area contributed by atoms with Gasteiger partial charge in [-0.15, -0.1) is 4.98 Å². The molecule has 1 aliphatic heterocycles. The molecule has 12 rings (SSSR count). The van der Waals surface area contributed by atoms with Gasteiger partial charge in [-0.25, -0.2) is 19.9 Å². The van der Waals surface area contributed by atoms with Crippen molar-refractivity contribution in [2.24, 2.45) is 0 Å². The number of nitrogens with zero attached hydrogens (tertiary/aromatic N) is 8. The molecule has 8 heterocycles. The monoisotopic (exact) mass is 1110 g/mol. The van der Waals surface area contributed by atoms with Crippen LogP contribution in [0.15, 0.2) is 159 Å². The minimum atomic E-state index is 0. The number of hydrogen-bond donors (Lipinski definition) is 1. The summed E-state index contributed by atoms with van der Waals surface area (Å²) in [4.78, 5) is 41.9. The average molecular weight is 1110 g/mol. The Balaban J connectivity index is 0.000000143. The quantitative estimate of drug-likeness (QED) is 0.107. The highest BCUT2D eigenvalue weighted by atomic mass is 16.5. The Bertz CT molecular complexity index is 3770. The van der Waals surface area contributed by atoms with E-state index in [-0.39, 0.29) is 7.43 Å². The molecule has 1 saturated heterocycles. The van der Waals surface area contributed by atoms with Crippen LogP contribution in [0.4, 0.5) is 5.95 Å². The number of nitrogens with one attached hydrogen (secondary N) is 4. The summed E-state index contributed by atoms with van der Waals surface area (Å²) in [5.41, 5.74) is 6.83. The van der Waals surface area contributed by atoms with Crippen molar-refractivity contribution in [3.63, 3.8) is 0 Å². The molecule has 7 aromatic heterocycles. The van der Waals surface area contributed by atoms with Crippen LogP contribution in [0, 0.1) is 0 Å². The molecule has 21 heteroatoms. The number of aromatic amines is 4. The van der Waals surface area contributed by atoms with Crippen LogP contribution in [-0.2, 0) is 4.74 Å². The van der Waals surface area contributed by atoms with E-state index in [4.69, 9.17) is 47.6 Å². The lowest BCUT2D eigenvalue weighted by molar-refractivity contribution is -0.602. The molecule has 1 fully saturated rings. The second-order valence-electron chi connectivity index (χ2n) is 17.5. The van der Waals surface area contributed by atoms with Crippen LogP contribution in [0.25, 0.3) is 72.8 Å². The number of pyridine rings is 3. The predicted molar refractivity (Wildman–Crippen MR) is 309 cm³/mol. The van der Waals surface area contributed by atoms with Crippen LogP contribution in [0.3, 0.4) is 0 Å². The number of aromatic nitrogens is 11. The van der Waals surface area contributed by atoms with Crippen molar-refractivity contribution in [2.45, 2.75) is 7.43 Å². The van der Waals surface area contributed by atoms with Crippen LogP contribution in [0.1, 0.15) is 7.43 Å². The Kier molecular flexibility index (Phi) is 19.8. The maximum absolute atomic E-state index is 5.48. The lowest BCUT2D eigenvalue weighted by Gasteiger charge is -2.21. The van der Waals surface area contributed by atoms with Gasteiger partial charge in [0.2, 0.25) is 5.69 Å². The van der Waals surface area contributed by atoms with E-state index in [1.807, 2.05) is 128 Å². The van der Waals surface area contributed by atoms with Crippen LogP contribution in [0.2, 0.25) is 0 Å². The Morgan fingerprint density at radius 1 is 0.537 bits per heavy atom. The van der Waals surface area contributed by atoms with Crippen molar-refractivity contribution in [2.75, 3.05) is 88.1 Å². The fourth-order valence-electron chi connectivity index (χ4n) is 8.58. The summed E-state index contributed by atoms with van der Waals surface area (Å²) in [6.45, 7) is 2.99. The van der Waals surface area contributed by atoms with Crippen LogP contribution < -0.4 is 62.3 Å². The Labute approximate surface area is 474 Å². The Morgan fingerprint density at radius 2 is 1.18 bits per heavy atom. The number of benzene rings is 4. The Morgan fingerprint density at radius 3 is 1.82 bits per heavy atom. The summed E-state index contributed by atoms with van der Waals surface area (Å²) in [5, 5.41) is 2.59. The van der Waals surface area contributed by atoms with E-state index in [0.29, 0.717) is 59.4 Å². The summed E-state index contributed by atoms with van der Waals surface area (Å²) in [5.74, 6) is 7.19. The normalized spacial score (nSPS) is 11.5. The van der Waals surface area contributed by atoms with E-state index in [0.717, 1.165) is 92.0 Å². The lowest BCUT2D eigenvalue weighted by atomic mass is 10.2. The minimum Gasteiger partial charge on any atom is -0.497 e. The predicted octanol–water partition coefficient (Wildman–Crippen LogP) is 8.17. The van der Waals surface area contributed by atoms with Crippen molar-refractivity contribution in [1.29, 1.82) is 0 Å². The van der Waals surface area contributed by atoms with E-state index in [1.165, 1.54) is 0 Å². The summed E-state index contributed by atoms with van der Waals surface area (Å²) < 4.78 is 50.0. The van der Waals surface area contributed by atoms with Crippen molar-refractivity contribution in [1.82, 2.24) is 34.9 Å². The van der Waals surface area contributed by atoms with E-state index in [9.17, 15) is 0 Å². The number of H-pyrrole nitrogens is 4. The summed E-state index contributed by atoms with van der Waals surface area (Å²) in [7, 11) is 12.9. The number of ether oxygens (including phenoxy) is 9. The van der Waals surface area contributed by atoms with Crippen LogP contribution >= 0.6 is 0 Å². The van der Waals surface area contributed by atoms with Gasteiger partial charge in [-0.1, -0.05) is 53.8 Å². The maximum Gasteiger partial charge on any atom is 0.395 e. The number of para-hydroxylation sites is 1. The molecule has 21 nitrogen and oxygen atoms in total. The molecule has 0 spiro atoms. The lowest BCUT2D eigenvalue weighted by Crippen LogP contribution is -2.40. The smallest absolute Gasteiger partial charge is 0.395 e. The number of imidazole rings is 1. The molecular formula is C61H66N12O9+4. The van der Waals surface area contributed by atoms with Crippen LogP contribution in [-0.4, -0.2) is 118 Å². The van der Waals surface area contributed by atoms with E-state index in [2.05, 4.69) is 49.8 Å². The molecule has 11 aromatic rings. The SMILES string of the molecule is C.COc1[nH+]c(-c2ccccc2)nc2ccccc12.COc1cc(-c2ccccn2)nc(-c2cccc[nH+]2)c1.COc1cc2nc(-[n+]3cc[nH]c3)nc(OC)c2cc1OC.COc1cc2nc(N3CCOCC3)[nH+]c(OC)c2cc1OC. The first kappa shape index (κ1) is 57.9. The van der Waals surface area contributed by atoms with E-state index < -0.39 is 0 Å². The largest absolute Gasteiger partial charge is 0.497 e. The zero-order chi connectivity index (χ0) is 56.5. The number of rotatable bonds is 13. The highest BCUT2D eigenvalue weighted by Crippen LogP contribution is 2.36. The average Bonchev–Trinajstić information content (AvgIpc) is 4.25. The number of fused-ring (bicyclic) bond motifs is 3. The number of morpholine rings is 1. The summed E-state index contributed by atoms with van der Waals surface area (Å²) in [6.07, 6.45) is 8.99. The second kappa shape index (κ2) is 28.0. The van der Waals surface area contributed by atoms with E-state index in [1.54, 1.807) is 92.3 Å². The van der Waals surface area contributed by atoms with Gasteiger partial charge >= 0.3 is 17.7 Å². The third-order valence-electron chi connectivity index (χ3n) is 12.6. The first-order valence-electron chi connectivity index (χ1n) is 25.5. The zero-order valence-electron chi connectivity index (χ0n) is 46.1. The van der Waals surface area contributed by atoms with Crippen molar-refractivity contribution in [3.05, 3.63) is 159 Å². The molecule has 0 atom stereocenters. The third-order valence-corrected chi connectivity index (χ3v) is 12.6. The van der Waals surface area contributed by atoms with Gasteiger partial charge in [-0.05, 0) is 47.4 Å². The topological polar surface area (TPSA) is 226 Å². The molecule has 0 amide bonds. The molecule has 4 N–H and O–H groups in total. The maximum atomic E-state index is 5.48. The summed E-state index contributed by atoms with van der Waals surface area (Å²) in [6, 6.07) is 40.7. The molecule has 0 radical (unpaired) electrons. The minimum absolute atomic E-state index is 0. The fraction of sp³-hybridized carbons (Fsp3) is 0.213. The van der Waals surface area contributed by atoms with Gasteiger partial charge in [-0.2, -0.15) is 4.57 Å². The standard InChI is InChI=1S/C16H13N3O.C15H19N3O4.C15H12N2O.C14H14N4O3.CH4/c1-20-12-10-15(13-6-2-4-8-17-13)19-16(11-12)14-7-3-5-9-18-14;1-19-12-8-10-11(9-13(12)20-2)16-15(17-14(10)21-3)18-4-6-22-7-5-18;1-18-15-12-9-5-6-10-13(12)16-14(17-15)11-7-3-2-4-8-11;1-19-11-6-9-10(7-12(11)20-2)16-14(17-13(9)21-3)18-5-4-15-8-18;/h2-11H,1H3;8-9H,4-7H2,1-3H3;2-10H,1H3;4-8H,1-3H3;1H4/p+4. The number of hydrogen-bond acceptors (Lipinski definition) is 16. The highest BCUT2D eigenvalue weighted by molar-refractivity contribution is 5.88. The first-order valence-corrected chi connectivity index (χ1v) is 25.5. The molecule has 420 valence electrons. The molecule has 0 unspecified atom stereocenters. The van der Waals surface area contributed by atoms with E-state index >= 15 is 0 Å². The van der Waals surface area contributed by atoms with Gasteiger partial charge in [0.25, 0.3) is 17.6 Å². The van der Waals surface area contributed by atoms with Crippen molar-refractivity contribution in [3.8, 4) is 86.5 Å².